The van der Waals surface area contributed by atoms with Gasteiger partial charge >= 0.3 is 5.69 Å². The molecule has 0 unspecified atom stereocenters. The van der Waals surface area contributed by atoms with Crippen LogP contribution in [0.15, 0.2) is 39.4 Å². The molecule has 0 spiro atoms. The molecule has 0 aliphatic heterocycles. The first-order chi connectivity index (χ1) is 10.5. The lowest BCUT2D eigenvalue weighted by Crippen LogP contribution is -2.37. The normalized spacial score (nSPS) is 12.3. The number of hydrogen-bond acceptors (Lipinski definition) is 4. The van der Waals surface area contributed by atoms with Crippen LogP contribution in [0.3, 0.4) is 0 Å². The van der Waals surface area contributed by atoms with Gasteiger partial charge in [0, 0.05) is 17.1 Å². The molecule has 7 heteroatoms. The summed E-state index contributed by atoms with van der Waals surface area (Å²) in [7, 11) is 0. The fourth-order valence-corrected chi connectivity index (χ4v) is 2.96. The minimum atomic E-state index is -0.584. The monoisotopic (exact) mass is 321 g/mol. The van der Waals surface area contributed by atoms with Gasteiger partial charge in [0.1, 0.15) is 6.54 Å². The van der Waals surface area contributed by atoms with Crippen LogP contribution in [0.25, 0.3) is 0 Å². The van der Waals surface area contributed by atoms with Gasteiger partial charge in [0.05, 0.1) is 6.04 Å². The Kier molecular flexibility index (Phi) is 5.32. The van der Waals surface area contributed by atoms with Crippen molar-refractivity contribution in [3.8, 4) is 0 Å². The van der Waals surface area contributed by atoms with Crippen LogP contribution in [0.5, 0.6) is 0 Å². The second kappa shape index (κ2) is 7.22. The lowest BCUT2D eigenvalue weighted by Gasteiger charge is -2.19. The number of aromatic amines is 1. The summed E-state index contributed by atoms with van der Waals surface area (Å²) >= 11 is 1.60. The number of carbonyl (C=O) groups is 1. The predicted octanol–water partition coefficient (Wildman–Crippen LogP) is 1.50. The summed E-state index contributed by atoms with van der Waals surface area (Å²) in [5.41, 5.74) is -1.06. The molecule has 1 amide bonds. The standard InChI is InChI=1S/C15H19N3O3S/c1-10(2)8-11(12-4-3-7-22-12)16-14(20)9-18-6-5-13(19)17-15(18)21/h3-7,10-11H,8-9H2,1-2H3,(H,16,20)(H,17,19,21)/t11-/m0/s1. The molecule has 1 atom stereocenters. The van der Waals surface area contributed by atoms with Crippen LogP contribution < -0.4 is 16.6 Å². The molecule has 2 aromatic rings. The van der Waals surface area contributed by atoms with Crippen molar-refractivity contribution in [2.75, 3.05) is 0 Å². The van der Waals surface area contributed by atoms with E-state index in [1.54, 1.807) is 11.3 Å². The van der Waals surface area contributed by atoms with Gasteiger partial charge in [-0.1, -0.05) is 19.9 Å². The first-order valence-corrected chi connectivity index (χ1v) is 7.96. The first kappa shape index (κ1) is 16.2. The molecule has 118 valence electrons. The summed E-state index contributed by atoms with van der Waals surface area (Å²) in [6.07, 6.45) is 2.15. The highest BCUT2D eigenvalue weighted by Gasteiger charge is 2.17. The number of aromatic nitrogens is 2. The number of H-pyrrole nitrogens is 1. The molecule has 6 nitrogen and oxygen atoms in total. The molecule has 2 heterocycles. The van der Waals surface area contributed by atoms with E-state index in [0.717, 1.165) is 11.3 Å². The van der Waals surface area contributed by atoms with E-state index in [9.17, 15) is 14.4 Å². The van der Waals surface area contributed by atoms with E-state index in [2.05, 4.69) is 24.1 Å². The van der Waals surface area contributed by atoms with Gasteiger partial charge < -0.3 is 5.32 Å². The molecular formula is C15H19N3O3S. The lowest BCUT2D eigenvalue weighted by atomic mass is 10.0. The second-order valence-corrected chi connectivity index (χ2v) is 6.48. The average Bonchev–Trinajstić information content (AvgIpc) is 2.95. The van der Waals surface area contributed by atoms with Gasteiger partial charge in [0.25, 0.3) is 5.56 Å². The molecule has 0 radical (unpaired) electrons. The Morgan fingerprint density at radius 1 is 1.36 bits per heavy atom. The average molecular weight is 321 g/mol. The molecule has 0 fully saturated rings. The van der Waals surface area contributed by atoms with Crippen LogP contribution in [0.2, 0.25) is 0 Å². The van der Waals surface area contributed by atoms with Gasteiger partial charge in [0.15, 0.2) is 0 Å². The van der Waals surface area contributed by atoms with Crippen molar-refractivity contribution in [2.45, 2.75) is 32.9 Å². The van der Waals surface area contributed by atoms with Crippen molar-refractivity contribution in [1.29, 1.82) is 0 Å². The van der Waals surface area contributed by atoms with Crippen molar-refractivity contribution in [3.05, 3.63) is 55.5 Å². The number of thiophene rings is 1. The summed E-state index contributed by atoms with van der Waals surface area (Å²) in [6, 6.07) is 5.10. The number of nitrogens with one attached hydrogen (secondary N) is 2. The molecule has 2 rings (SSSR count). The quantitative estimate of drug-likeness (QED) is 0.845. The molecule has 22 heavy (non-hydrogen) atoms. The smallest absolute Gasteiger partial charge is 0.328 e. The van der Waals surface area contributed by atoms with Crippen molar-refractivity contribution in [2.24, 2.45) is 5.92 Å². The Labute approximate surface area is 131 Å². The van der Waals surface area contributed by atoms with E-state index < -0.39 is 11.2 Å². The van der Waals surface area contributed by atoms with Crippen LogP contribution in [-0.2, 0) is 11.3 Å². The van der Waals surface area contributed by atoms with Crippen LogP contribution >= 0.6 is 11.3 Å². The molecule has 2 N–H and O–H groups in total. The summed E-state index contributed by atoms with van der Waals surface area (Å²) in [6.45, 7) is 4.08. The third-order valence-corrected chi connectivity index (χ3v) is 4.13. The predicted molar refractivity (Wildman–Crippen MR) is 86.0 cm³/mol. The summed E-state index contributed by atoms with van der Waals surface area (Å²) in [5, 5.41) is 4.93. The lowest BCUT2D eigenvalue weighted by molar-refractivity contribution is -0.122. The summed E-state index contributed by atoms with van der Waals surface area (Å²) < 4.78 is 1.18. The molecule has 2 aromatic heterocycles. The number of amides is 1. The third-order valence-electron chi connectivity index (χ3n) is 3.14. The maximum absolute atomic E-state index is 12.2. The highest BCUT2D eigenvalue weighted by molar-refractivity contribution is 7.10. The highest BCUT2D eigenvalue weighted by Crippen LogP contribution is 2.25. The molecule has 0 saturated heterocycles. The van der Waals surface area contributed by atoms with Crippen LogP contribution in [0.4, 0.5) is 0 Å². The van der Waals surface area contributed by atoms with Crippen LogP contribution in [0.1, 0.15) is 31.2 Å². The number of hydrogen-bond donors (Lipinski definition) is 2. The minimum absolute atomic E-state index is 0.0639. The van der Waals surface area contributed by atoms with Crippen molar-refractivity contribution >= 4 is 17.2 Å². The Hall–Kier alpha value is -2.15. The van der Waals surface area contributed by atoms with E-state index in [0.29, 0.717) is 5.92 Å². The molecule has 0 aliphatic carbocycles. The fraction of sp³-hybridized carbons (Fsp3) is 0.400. The topological polar surface area (TPSA) is 84.0 Å². The largest absolute Gasteiger partial charge is 0.347 e. The van der Waals surface area contributed by atoms with Gasteiger partial charge in [-0.2, -0.15) is 0 Å². The van der Waals surface area contributed by atoms with Gasteiger partial charge in [-0.05, 0) is 23.8 Å². The van der Waals surface area contributed by atoms with E-state index in [1.807, 2.05) is 17.5 Å². The number of nitrogens with zero attached hydrogens (tertiary/aromatic N) is 1. The number of carbonyl (C=O) groups excluding carboxylic acids is 1. The van der Waals surface area contributed by atoms with Gasteiger partial charge in [-0.3, -0.25) is 19.1 Å². The van der Waals surface area contributed by atoms with Gasteiger partial charge in [-0.15, -0.1) is 11.3 Å². The van der Waals surface area contributed by atoms with E-state index in [-0.39, 0.29) is 18.5 Å². The number of rotatable bonds is 6. The molecule has 0 aromatic carbocycles. The van der Waals surface area contributed by atoms with Crippen molar-refractivity contribution in [1.82, 2.24) is 14.9 Å². The second-order valence-electron chi connectivity index (χ2n) is 5.50. The van der Waals surface area contributed by atoms with E-state index in [4.69, 9.17) is 0 Å². The van der Waals surface area contributed by atoms with Crippen molar-refractivity contribution in [3.63, 3.8) is 0 Å². The Morgan fingerprint density at radius 2 is 2.14 bits per heavy atom. The summed E-state index contributed by atoms with van der Waals surface area (Å²) in [4.78, 5) is 38.0. The molecular weight excluding hydrogens is 302 g/mol. The SMILES string of the molecule is CC(C)C[C@H](NC(=O)Cn1ccc(=O)[nH]c1=O)c1cccs1. The van der Waals surface area contributed by atoms with Gasteiger partial charge in [0.2, 0.25) is 5.91 Å². The molecule has 0 aliphatic rings. The first-order valence-electron chi connectivity index (χ1n) is 7.08. The van der Waals surface area contributed by atoms with Crippen LogP contribution in [-0.4, -0.2) is 15.5 Å². The Balaban J connectivity index is 2.08. The van der Waals surface area contributed by atoms with Crippen molar-refractivity contribution < 1.29 is 4.79 Å². The molecule has 0 saturated carbocycles. The molecule has 0 bridgehead atoms. The zero-order chi connectivity index (χ0) is 16.1. The zero-order valence-corrected chi connectivity index (χ0v) is 13.4. The zero-order valence-electron chi connectivity index (χ0n) is 12.5. The Morgan fingerprint density at radius 3 is 2.73 bits per heavy atom. The Bertz CT molecular complexity index is 731. The van der Waals surface area contributed by atoms with Gasteiger partial charge in [-0.25, -0.2) is 4.79 Å². The minimum Gasteiger partial charge on any atom is -0.347 e. The summed E-state index contributed by atoms with van der Waals surface area (Å²) in [5.74, 6) is 0.177. The maximum atomic E-state index is 12.2. The van der Waals surface area contributed by atoms with E-state index >= 15 is 0 Å². The maximum Gasteiger partial charge on any atom is 0.328 e. The fourth-order valence-electron chi connectivity index (χ4n) is 2.17. The third kappa shape index (κ3) is 4.42. The van der Waals surface area contributed by atoms with E-state index in [1.165, 1.54) is 16.8 Å². The van der Waals surface area contributed by atoms with Crippen LogP contribution in [0, 0.1) is 5.92 Å². The highest BCUT2D eigenvalue weighted by atomic mass is 32.1.